The first kappa shape index (κ1) is 9.34. The highest BCUT2D eigenvalue weighted by Crippen LogP contribution is 2.53. The molecule has 2 N–H and O–H groups in total. The minimum absolute atomic E-state index is 0.0903. The zero-order chi connectivity index (χ0) is 10.5. The molecule has 0 saturated heterocycles. The van der Waals surface area contributed by atoms with Crippen molar-refractivity contribution in [3.05, 3.63) is 35.1 Å². The monoisotopic (exact) mass is 205 g/mol. The first-order valence-electron chi connectivity index (χ1n) is 5.77. The van der Waals surface area contributed by atoms with Crippen LogP contribution in [0.25, 0.3) is 0 Å². The largest absolute Gasteiger partial charge is 0.324 e. The van der Waals surface area contributed by atoms with Gasteiger partial charge in [0, 0.05) is 11.6 Å². The van der Waals surface area contributed by atoms with Crippen molar-refractivity contribution in [2.75, 3.05) is 0 Å². The molecule has 2 heteroatoms. The van der Waals surface area contributed by atoms with E-state index in [1.54, 1.807) is 0 Å². The number of hydrogen-bond acceptors (Lipinski definition) is 1. The van der Waals surface area contributed by atoms with E-state index in [2.05, 4.69) is 6.07 Å². The van der Waals surface area contributed by atoms with Crippen LogP contribution in [0.3, 0.4) is 0 Å². The molecule has 2 aliphatic rings. The molecule has 1 aromatic carbocycles. The standard InChI is InChI=1S/C13H16FN/c14-10-4-1-3-9-12(10)11(15)5-8-13(9)6-2-7-13/h1,3-4,11H,2,5-8,15H2. The maximum Gasteiger partial charge on any atom is 0.128 e. The van der Waals surface area contributed by atoms with Gasteiger partial charge in [-0.2, -0.15) is 0 Å². The summed E-state index contributed by atoms with van der Waals surface area (Å²) in [5.74, 6) is -0.106. The Balaban J connectivity index is 2.17. The van der Waals surface area contributed by atoms with Crippen LogP contribution in [-0.4, -0.2) is 0 Å². The van der Waals surface area contributed by atoms with Gasteiger partial charge in [0.1, 0.15) is 5.82 Å². The second-order valence-corrected chi connectivity index (χ2v) is 4.98. The molecule has 1 fully saturated rings. The van der Waals surface area contributed by atoms with E-state index in [4.69, 9.17) is 5.73 Å². The summed E-state index contributed by atoms with van der Waals surface area (Å²) >= 11 is 0. The van der Waals surface area contributed by atoms with Crippen molar-refractivity contribution < 1.29 is 4.39 Å². The van der Waals surface area contributed by atoms with Gasteiger partial charge in [0.25, 0.3) is 0 Å². The fourth-order valence-electron chi connectivity index (χ4n) is 3.21. The molecule has 0 aliphatic heterocycles. The second kappa shape index (κ2) is 3.05. The number of hydrogen-bond donors (Lipinski definition) is 1. The number of nitrogens with two attached hydrogens (primary N) is 1. The first-order chi connectivity index (χ1) is 7.23. The van der Waals surface area contributed by atoms with Gasteiger partial charge >= 0.3 is 0 Å². The van der Waals surface area contributed by atoms with Gasteiger partial charge in [-0.3, -0.25) is 0 Å². The summed E-state index contributed by atoms with van der Waals surface area (Å²) in [5, 5.41) is 0. The molecule has 1 nitrogen and oxygen atoms in total. The van der Waals surface area contributed by atoms with Crippen LogP contribution in [0, 0.1) is 5.82 Å². The first-order valence-corrected chi connectivity index (χ1v) is 5.77. The molecular formula is C13H16FN. The van der Waals surface area contributed by atoms with Crippen LogP contribution in [0.2, 0.25) is 0 Å². The van der Waals surface area contributed by atoms with Crippen LogP contribution >= 0.6 is 0 Å². The van der Waals surface area contributed by atoms with Crippen molar-refractivity contribution in [2.24, 2.45) is 5.73 Å². The van der Waals surface area contributed by atoms with Crippen LogP contribution in [0.5, 0.6) is 0 Å². The Hall–Kier alpha value is -0.890. The Morgan fingerprint density at radius 1 is 1.27 bits per heavy atom. The van der Waals surface area contributed by atoms with Gasteiger partial charge in [0.2, 0.25) is 0 Å². The average Bonchev–Trinajstić information content (AvgIpc) is 2.16. The van der Waals surface area contributed by atoms with E-state index >= 15 is 0 Å². The van der Waals surface area contributed by atoms with Gasteiger partial charge in [-0.05, 0) is 42.7 Å². The highest BCUT2D eigenvalue weighted by atomic mass is 19.1. The lowest BCUT2D eigenvalue weighted by atomic mass is 9.57. The van der Waals surface area contributed by atoms with Crippen molar-refractivity contribution in [2.45, 2.75) is 43.6 Å². The fourth-order valence-corrected chi connectivity index (χ4v) is 3.21. The third kappa shape index (κ3) is 1.18. The quantitative estimate of drug-likeness (QED) is 0.692. The Morgan fingerprint density at radius 2 is 2.07 bits per heavy atom. The Bertz CT molecular complexity index is 396. The van der Waals surface area contributed by atoms with Crippen LogP contribution in [0.15, 0.2) is 18.2 Å². The van der Waals surface area contributed by atoms with Gasteiger partial charge in [-0.1, -0.05) is 18.6 Å². The van der Waals surface area contributed by atoms with E-state index in [1.165, 1.54) is 30.9 Å². The molecule has 1 saturated carbocycles. The molecule has 1 spiro atoms. The maximum atomic E-state index is 13.7. The molecule has 1 unspecified atom stereocenters. The number of fused-ring (bicyclic) bond motifs is 2. The third-order valence-corrected chi connectivity index (χ3v) is 4.24. The van der Waals surface area contributed by atoms with E-state index in [0.717, 1.165) is 18.4 Å². The van der Waals surface area contributed by atoms with Crippen LogP contribution in [0.1, 0.15) is 49.3 Å². The summed E-state index contributed by atoms with van der Waals surface area (Å²) in [6.07, 6.45) is 5.80. The molecule has 1 aromatic rings. The molecule has 3 rings (SSSR count). The second-order valence-electron chi connectivity index (χ2n) is 4.98. The van der Waals surface area contributed by atoms with Crippen LogP contribution in [-0.2, 0) is 5.41 Å². The summed E-state index contributed by atoms with van der Waals surface area (Å²) in [6, 6.07) is 5.35. The minimum Gasteiger partial charge on any atom is -0.324 e. The predicted octanol–water partition coefficient (Wildman–Crippen LogP) is 3.04. The molecular weight excluding hydrogens is 189 g/mol. The molecule has 0 radical (unpaired) electrons. The molecule has 15 heavy (non-hydrogen) atoms. The van der Waals surface area contributed by atoms with Crippen molar-refractivity contribution in [1.29, 1.82) is 0 Å². The zero-order valence-corrected chi connectivity index (χ0v) is 8.80. The van der Waals surface area contributed by atoms with E-state index in [0.29, 0.717) is 0 Å². The van der Waals surface area contributed by atoms with Crippen molar-refractivity contribution in [3.8, 4) is 0 Å². The van der Waals surface area contributed by atoms with Crippen LogP contribution in [0.4, 0.5) is 4.39 Å². The Labute approximate surface area is 89.5 Å². The maximum absolute atomic E-state index is 13.7. The van der Waals surface area contributed by atoms with Gasteiger partial charge in [0.05, 0.1) is 0 Å². The van der Waals surface area contributed by atoms with Crippen molar-refractivity contribution in [1.82, 2.24) is 0 Å². The van der Waals surface area contributed by atoms with Crippen molar-refractivity contribution in [3.63, 3.8) is 0 Å². The van der Waals surface area contributed by atoms with Gasteiger partial charge in [0.15, 0.2) is 0 Å². The number of halogens is 1. The highest BCUT2D eigenvalue weighted by Gasteiger charge is 2.44. The fraction of sp³-hybridized carbons (Fsp3) is 0.538. The molecule has 0 bridgehead atoms. The summed E-state index contributed by atoms with van der Waals surface area (Å²) in [7, 11) is 0. The van der Waals surface area contributed by atoms with Crippen molar-refractivity contribution >= 4 is 0 Å². The molecule has 1 atom stereocenters. The SMILES string of the molecule is NC1CCC2(CCC2)c2cccc(F)c21. The molecule has 2 aliphatic carbocycles. The highest BCUT2D eigenvalue weighted by molar-refractivity contribution is 5.41. The van der Waals surface area contributed by atoms with E-state index in [-0.39, 0.29) is 17.3 Å². The van der Waals surface area contributed by atoms with E-state index in [9.17, 15) is 4.39 Å². The summed E-state index contributed by atoms with van der Waals surface area (Å²) in [5.41, 5.74) is 8.29. The van der Waals surface area contributed by atoms with E-state index in [1.807, 2.05) is 6.07 Å². The molecule has 0 heterocycles. The molecule has 80 valence electrons. The lowest BCUT2D eigenvalue weighted by Gasteiger charge is -2.47. The third-order valence-electron chi connectivity index (χ3n) is 4.24. The molecule has 0 aromatic heterocycles. The summed E-state index contributed by atoms with van der Waals surface area (Å²) in [6.45, 7) is 0. The van der Waals surface area contributed by atoms with Gasteiger partial charge < -0.3 is 5.73 Å². The normalized spacial score (nSPS) is 27.2. The average molecular weight is 205 g/mol. The van der Waals surface area contributed by atoms with Crippen LogP contribution < -0.4 is 5.73 Å². The summed E-state index contributed by atoms with van der Waals surface area (Å²) in [4.78, 5) is 0. The topological polar surface area (TPSA) is 26.0 Å². The lowest BCUT2D eigenvalue weighted by Crippen LogP contribution is -2.40. The van der Waals surface area contributed by atoms with E-state index < -0.39 is 0 Å². The Morgan fingerprint density at radius 3 is 2.73 bits per heavy atom. The number of rotatable bonds is 0. The van der Waals surface area contributed by atoms with Gasteiger partial charge in [-0.15, -0.1) is 0 Å². The van der Waals surface area contributed by atoms with Gasteiger partial charge in [-0.25, -0.2) is 4.39 Å². The lowest BCUT2D eigenvalue weighted by molar-refractivity contribution is 0.197. The minimum atomic E-state index is -0.106. The Kier molecular flexibility index (Phi) is 1.90. The smallest absolute Gasteiger partial charge is 0.128 e. The summed E-state index contributed by atoms with van der Waals surface area (Å²) < 4.78 is 13.7. The zero-order valence-electron chi connectivity index (χ0n) is 8.80. The number of benzene rings is 1. The predicted molar refractivity (Wildman–Crippen MR) is 58.1 cm³/mol. The molecule has 0 amide bonds.